The van der Waals surface area contributed by atoms with Crippen LogP contribution in [0.4, 0.5) is 5.69 Å². The molecule has 1 heterocycles. The van der Waals surface area contributed by atoms with Crippen molar-refractivity contribution >= 4 is 36.0 Å². The number of hydrogen-bond donors (Lipinski definition) is 1. The molecular weight excluding hydrogens is 322 g/mol. The highest BCUT2D eigenvalue weighted by molar-refractivity contribution is 7.99. The van der Waals surface area contributed by atoms with Crippen LogP contribution in [-0.2, 0) is 14.3 Å². The van der Waals surface area contributed by atoms with E-state index >= 15 is 0 Å². The summed E-state index contributed by atoms with van der Waals surface area (Å²) in [6, 6.07) is 7.01. The van der Waals surface area contributed by atoms with Crippen LogP contribution >= 0.6 is 24.4 Å². The number of carbonyl (C=O) groups is 1. The minimum Gasteiger partial charge on any atom is -0.462 e. The number of ether oxygens (including phenoxy) is 2. The third-order valence-electron chi connectivity index (χ3n) is 3.55. The molecule has 0 aliphatic carbocycles. The molecule has 1 aromatic rings. The van der Waals surface area contributed by atoms with E-state index in [2.05, 4.69) is 17.8 Å². The number of esters is 1. The average molecular weight is 341 g/mol. The zero-order valence-corrected chi connectivity index (χ0v) is 14.2. The van der Waals surface area contributed by atoms with Gasteiger partial charge in [0, 0.05) is 29.9 Å². The molecule has 1 aliphatic rings. The fourth-order valence-electron chi connectivity index (χ4n) is 2.36. The van der Waals surface area contributed by atoms with Gasteiger partial charge < -0.3 is 9.47 Å². The van der Waals surface area contributed by atoms with E-state index in [0.29, 0.717) is 17.9 Å². The second kappa shape index (κ2) is 7.99. The molecule has 0 spiro atoms. The standard InChI is InChI=1S/C15H19NO4S2/c1-9-14(19-10(2)17)7-12(8-21)20-15(9)22-13-5-3-11(16-18)4-6-13/h3-6,9,12,14-15,21H,7-8H2,1-2H3/t9-,12-,14?,15?/m0/s1. The second-order valence-corrected chi connectivity index (χ2v) is 6.79. The van der Waals surface area contributed by atoms with Crippen LogP contribution < -0.4 is 0 Å². The first-order chi connectivity index (χ1) is 10.5. The van der Waals surface area contributed by atoms with Crippen molar-refractivity contribution in [1.29, 1.82) is 0 Å². The topological polar surface area (TPSA) is 65.0 Å². The molecule has 120 valence electrons. The van der Waals surface area contributed by atoms with Crippen LogP contribution in [0.25, 0.3) is 0 Å². The number of benzene rings is 1. The Morgan fingerprint density at radius 2 is 2.14 bits per heavy atom. The van der Waals surface area contributed by atoms with Crippen LogP contribution in [-0.4, -0.2) is 29.4 Å². The molecule has 7 heteroatoms. The van der Waals surface area contributed by atoms with Crippen molar-refractivity contribution in [2.75, 3.05) is 5.75 Å². The summed E-state index contributed by atoms with van der Waals surface area (Å²) in [6.07, 6.45) is 0.448. The maximum atomic E-state index is 11.3. The highest BCUT2D eigenvalue weighted by Gasteiger charge is 2.37. The minimum atomic E-state index is -0.276. The maximum absolute atomic E-state index is 11.3. The first-order valence-corrected chi connectivity index (χ1v) is 8.58. The maximum Gasteiger partial charge on any atom is 0.302 e. The number of nitrogens with zero attached hydrogens (tertiary/aromatic N) is 1. The summed E-state index contributed by atoms with van der Waals surface area (Å²) in [4.78, 5) is 22.7. The normalized spacial score (nSPS) is 28.1. The van der Waals surface area contributed by atoms with Gasteiger partial charge in [-0.3, -0.25) is 4.79 Å². The molecular formula is C15H19NO4S2. The molecule has 0 radical (unpaired) electrons. The Morgan fingerprint density at radius 3 is 2.68 bits per heavy atom. The van der Waals surface area contributed by atoms with Gasteiger partial charge in [-0.1, -0.05) is 18.7 Å². The van der Waals surface area contributed by atoms with Crippen molar-refractivity contribution in [1.82, 2.24) is 0 Å². The Balaban J connectivity index is 2.08. The Bertz CT molecular complexity index is 523. The summed E-state index contributed by atoms with van der Waals surface area (Å²) in [6.45, 7) is 3.44. The van der Waals surface area contributed by atoms with Crippen LogP contribution in [0, 0.1) is 10.8 Å². The number of nitroso groups, excluding NO2 is 1. The zero-order valence-electron chi connectivity index (χ0n) is 12.5. The minimum absolute atomic E-state index is 0.0442. The van der Waals surface area contributed by atoms with Crippen molar-refractivity contribution in [3.05, 3.63) is 29.2 Å². The van der Waals surface area contributed by atoms with Crippen molar-refractivity contribution < 1.29 is 14.3 Å². The van der Waals surface area contributed by atoms with Gasteiger partial charge in [0.25, 0.3) is 0 Å². The predicted octanol–water partition coefficient (Wildman–Crippen LogP) is 3.79. The first-order valence-electron chi connectivity index (χ1n) is 7.07. The molecule has 2 rings (SSSR count). The van der Waals surface area contributed by atoms with Gasteiger partial charge in [-0.15, -0.1) is 4.91 Å². The average Bonchev–Trinajstić information content (AvgIpc) is 2.51. The largest absolute Gasteiger partial charge is 0.462 e. The van der Waals surface area contributed by atoms with Gasteiger partial charge in [0.05, 0.1) is 6.10 Å². The molecule has 2 unspecified atom stereocenters. The van der Waals surface area contributed by atoms with Gasteiger partial charge in [-0.05, 0) is 29.4 Å². The van der Waals surface area contributed by atoms with E-state index in [-0.39, 0.29) is 29.5 Å². The lowest BCUT2D eigenvalue weighted by atomic mass is 9.97. The summed E-state index contributed by atoms with van der Waals surface area (Å²) in [5, 5.41) is 2.89. The molecule has 0 amide bonds. The first kappa shape index (κ1) is 17.3. The van der Waals surface area contributed by atoms with Gasteiger partial charge in [0.2, 0.25) is 0 Å². The summed E-state index contributed by atoms with van der Waals surface area (Å²) < 4.78 is 11.4. The Hall–Kier alpha value is -1.05. The third kappa shape index (κ3) is 4.47. The van der Waals surface area contributed by atoms with E-state index in [4.69, 9.17) is 9.47 Å². The quantitative estimate of drug-likeness (QED) is 0.501. The summed E-state index contributed by atoms with van der Waals surface area (Å²) in [7, 11) is 0. The highest BCUT2D eigenvalue weighted by Crippen LogP contribution is 2.38. The van der Waals surface area contributed by atoms with Gasteiger partial charge in [0.15, 0.2) is 0 Å². The molecule has 0 aromatic heterocycles. The molecule has 1 aromatic carbocycles. The van der Waals surface area contributed by atoms with Gasteiger partial charge in [-0.2, -0.15) is 12.6 Å². The summed E-state index contributed by atoms with van der Waals surface area (Å²) in [5.41, 5.74) is 0.262. The molecule has 1 saturated heterocycles. The van der Waals surface area contributed by atoms with Gasteiger partial charge in [0.1, 0.15) is 17.2 Å². The van der Waals surface area contributed by atoms with Crippen LogP contribution in [0.5, 0.6) is 0 Å². The smallest absolute Gasteiger partial charge is 0.302 e. The molecule has 5 nitrogen and oxygen atoms in total. The van der Waals surface area contributed by atoms with Crippen LogP contribution in [0.15, 0.2) is 34.3 Å². The van der Waals surface area contributed by atoms with Crippen molar-refractivity contribution in [3.8, 4) is 0 Å². The highest BCUT2D eigenvalue weighted by atomic mass is 32.2. The third-order valence-corrected chi connectivity index (χ3v) is 5.28. The Labute approximate surface area is 139 Å². The Morgan fingerprint density at radius 1 is 1.45 bits per heavy atom. The van der Waals surface area contributed by atoms with Crippen molar-refractivity contribution in [2.45, 2.75) is 42.8 Å². The molecule has 0 bridgehead atoms. The lowest BCUT2D eigenvalue weighted by Crippen LogP contribution is -2.44. The predicted molar refractivity (Wildman–Crippen MR) is 89.6 cm³/mol. The van der Waals surface area contributed by atoms with E-state index in [0.717, 1.165) is 4.90 Å². The number of hydrogen-bond acceptors (Lipinski definition) is 7. The molecule has 22 heavy (non-hydrogen) atoms. The number of carbonyl (C=O) groups excluding carboxylic acids is 1. The number of thioether (sulfide) groups is 1. The van der Waals surface area contributed by atoms with E-state index < -0.39 is 0 Å². The molecule has 0 saturated carbocycles. The monoisotopic (exact) mass is 341 g/mol. The fraction of sp³-hybridized carbons (Fsp3) is 0.533. The zero-order chi connectivity index (χ0) is 16.1. The van der Waals surface area contributed by atoms with Gasteiger partial charge >= 0.3 is 5.97 Å². The summed E-state index contributed by atoms with van der Waals surface area (Å²) >= 11 is 5.85. The van der Waals surface area contributed by atoms with Crippen LogP contribution in [0.3, 0.4) is 0 Å². The lowest BCUT2D eigenvalue weighted by molar-refractivity contribution is -0.160. The number of rotatable bonds is 5. The van der Waals surface area contributed by atoms with Crippen LogP contribution in [0.1, 0.15) is 20.3 Å². The van der Waals surface area contributed by atoms with E-state index in [9.17, 15) is 9.70 Å². The lowest BCUT2D eigenvalue weighted by Gasteiger charge is -2.39. The second-order valence-electron chi connectivity index (χ2n) is 5.25. The van der Waals surface area contributed by atoms with Crippen LogP contribution in [0.2, 0.25) is 0 Å². The fourth-order valence-corrected chi connectivity index (χ4v) is 3.76. The molecule has 0 N–H and O–H groups in total. The molecule has 4 atom stereocenters. The molecule has 1 fully saturated rings. The van der Waals surface area contributed by atoms with Crippen molar-refractivity contribution in [3.63, 3.8) is 0 Å². The van der Waals surface area contributed by atoms with E-state index in [1.54, 1.807) is 23.9 Å². The van der Waals surface area contributed by atoms with E-state index in [1.807, 2.05) is 19.1 Å². The summed E-state index contributed by atoms with van der Waals surface area (Å²) in [5.74, 6) is 0.367. The van der Waals surface area contributed by atoms with Crippen molar-refractivity contribution in [2.24, 2.45) is 11.1 Å². The molecule has 1 aliphatic heterocycles. The SMILES string of the molecule is CC(=O)OC1C[C@@H](CS)OC(Sc2ccc(N=O)cc2)[C@H]1C. The number of thiol groups is 1. The van der Waals surface area contributed by atoms with Gasteiger partial charge in [-0.25, -0.2) is 0 Å². The Kier molecular flexibility index (Phi) is 6.28. The van der Waals surface area contributed by atoms with E-state index in [1.165, 1.54) is 6.92 Å².